The van der Waals surface area contributed by atoms with Crippen molar-refractivity contribution in [1.82, 2.24) is 24.4 Å². The fourth-order valence-electron chi connectivity index (χ4n) is 3.23. The zero-order chi connectivity index (χ0) is 18.1. The van der Waals surface area contributed by atoms with E-state index in [1.165, 1.54) is 4.57 Å². The van der Waals surface area contributed by atoms with E-state index in [1.54, 1.807) is 43.8 Å². The van der Waals surface area contributed by atoms with Gasteiger partial charge in [-0.05, 0) is 18.2 Å². The van der Waals surface area contributed by atoms with Gasteiger partial charge in [0.2, 0.25) is 5.88 Å². The highest BCUT2D eigenvalue weighted by Crippen LogP contribution is 2.19. The number of ether oxygens (including phenoxy) is 1. The summed E-state index contributed by atoms with van der Waals surface area (Å²) in [5.41, 5.74) is 1.85. The second kappa shape index (κ2) is 6.62. The van der Waals surface area contributed by atoms with Crippen LogP contribution in [-0.4, -0.2) is 49.5 Å². The van der Waals surface area contributed by atoms with Gasteiger partial charge in [0.25, 0.3) is 5.91 Å². The molecule has 3 aromatic rings. The van der Waals surface area contributed by atoms with E-state index in [2.05, 4.69) is 15.0 Å². The number of aromatic nitrogens is 4. The summed E-state index contributed by atoms with van der Waals surface area (Å²) < 4.78 is 7.32. The van der Waals surface area contributed by atoms with Crippen molar-refractivity contribution in [3.63, 3.8) is 0 Å². The number of imidazole rings is 1. The van der Waals surface area contributed by atoms with Gasteiger partial charge in [-0.3, -0.25) is 14.3 Å². The summed E-state index contributed by atoms with van der Waals surface area (Å²) in [5.74, 6) is 0.481. The molecule has 1 aliphatic heterocycles. The van der Waals surface area contributed by atoms with Crippen LogP contribution >= 0.6 is 0 Å². The molecular formula is C18H19N5O3. The monoisotopic (exact) mass is 353 g/mol. The van der Waals surface area contributed by atoms with Gasteiger partial charge in [-0.1, -0.05) is 0 Å². The molecule has 1 N–H and O–H groups in total. The van der Waals surface area contributed by atoms with E-state index in [4.69, 9.17) is 4.74 Å². The smallest absolute Gasteiger partial charge is 0.326 e. The Morgan fingerprint density at radius 2 is 2.08 bits per heavy atom. The number of H-pyrrole nitrogens is 1. The number of amides is 1. The van der Waals surface area contributed by atoms with Gasteiger partial charge in [-0.15, -0.1) is 0 Å². The first kappa shape index (κ1) is 16.3. The van der Waals surface area contributed by atoms with Crippen LogP contribution in [0.2, 0.25) is 0 Å². The van der Waals surface area contributed by atoms with Crippen LogP contribution in [-0.2, 0) is 7.05 Å². The number of nitrogens with one attached hydrogen (secondary N) is 1. The van der Waals surface area contributed by atoms with Gasteiger partial charge in [0.15, 0.2) is 0 Å². The van der Waals surface area contributed by atoms with Gasteiger partial charge in [-0.2, -0.15) is 0 Å². The zero-order valence-electron chi connectivity index (χ0n) is 14.4. The van der Waals surface area contributed by atoms with Crippen LogP contribution in [0.3, 0.4) is 0 Å². The van der Waals surface area contributed by atoms with Crippen molar-refractivity contribution >= 4 is 16.9 Å². The Morgan fingerprint density at radius 3 is 2.81 bits per heavy atom. The number of aryl methyl sites for hydroxylation is 1. The Labute approximate surface area is 149 Å². The number of likely N-dealkylation sites (tertiary alicyclic amines) is 1. The molecule has 4 rings (SSSR count). The molecule has 3 heterocycles. The van der Waals surface area contributed by atoms with E-state index < -0.39 is 0 Å². The molecule has 2 aromatic heterocycles. The summed E-state index contributed by atoms with van der Waals surface area (Å²) in [5, 5.41) is 0. The molecule has 134 valence electrons. The molecule has 0 unspecified atom stereocenters. The molecule has 0 atom stereocenters. The molecule has 1 saturated heterocycles. The van der Waals surface area contributed by atoms with E-state index in [9.17, 15) is 9.59 Å². The Bertz CT molecular complexity index is 987. The summed E-state index contributed by atoms with van der Waals surface area (Å²) in [6.07, 6.45) is 6.31. The predicted molar refractivity (Wildman–Crippen MR) is 95.1 cm³/mol. The van der Waals surface area contributed by atoms with Crippen LogP contribution in [0.25, 0.3) is 11.0 Å². The SMILES string of the molecule is Cn1c(=O)[nH]c2ccc(C(=O)N3CCC(Oc4cnccn4)CC3)cc21. The number of piperidine rings is 1. The van der Waals surface area contributed by atoms with Crippen molar-refractivity contribution in [3.8, 4) is 5.88 Å². The molecule has 1 fully saturated rings. The number of carbonyl (C=O) groups excluding carboxylic acids is 1. The van der Waals surface area contributed by atoms with E-state index >= 15 is 0 Å². The van der Waals surface area contributed by atoms with Crippen LogP contribution in [0, 0.1) is 0 Å². The number of nitrogens with zero attached hydrogens (tertiary/aromatic N) is 4. The molecule has 0 spiro atoms. The number of benzene rings is 1. The van der Waals surface area contributed by atoms with Crippen LogP contribution < -0.4 is 10.4 Å². The highest BCUT2D eigenvalue weighted by atomic mass is 16.5. The van der Waals surface area contributed by atoms with E-state index in [0.29, 0.717) is 24.5 Å². The largest absolute Gasteiger partial charge is 0.473 e. The van der Waals surface area contributed by atoms with Gasteiger partial charge in [-0.25, -0.2) is 9.78 Å². The lowest BCUT2D eigenvalue weighted by Gasteiger charge is -2.32. The normalized spacial score (nSPS) is 15.3. The summed E-state index contributed by atoms with van der Waals surface area (Å²) >= 11 is 0. The second-order valence-electron chi connectivity index (χ2n) is 6.37. The molecule has 0 radical (unpaired) electrons. The Hall–Kier alpha value is -3.16. The van der Waals surface area contributed by atoms with Gasteiger partial charge in [0.1, 0.15) is 6.10 Å². The second-order valence-corrected chi connectivity index (χ2v) is 6.37. The molecule has 8 nitrogen and oxygen atoms in total. The summed E-state index contributed by atoms with van der Waals surface area (Å²) in [6.45, 7) is 1.24. The Balaban J connectivity index is 1.43. The summed E-state index contributed by atoms with van der Waals surface area (Å²) in [6, 6.07) is 5.29. The minimum atomic E-state index is -0.188. The molecule has 0 saturated carbocycles. The lowest BCUT2D eigenvalue weighted by atomic mass is 10.1. The summed E-state index contributed by atoms with van der Waals surface area (Å²) in [7, 11) is 1.69. The fraction of sp³-hybridized carbons (Fsp3) is 0.333. The number of carbonyl (C=O) groups is 1. The van der Waals surface area contributed by atoms with Crippen LogP contribution in [0.1, 0.15) is 23.2 Å². The number of aromatic amines is 1. The highest BCUT2D eigenvalue weighted by molar-refractivity contribution is 5.97. The van der Waals surface area contributed by atoms with Crippen molar-refractivity contribution in [2.45, 2.75) is 18.9 Å². The van der Waals surface area contributed by atoms with Crippen molar-refractivity contribution in [3.05, 3.63) is 52.8 Å². The summed E-state index contributed by atoms with van der Waals surface area (Å²) in [4.78, 5) is 37.2. The van der Waals surface area contributed by atoms with E-state index in [1.807, 2.05) is 4.90 Å². The van der Waals surface area contributed by atoms with Gasteiger partial charge < -0.3 is 14.6 Å². The molecule has 0 aliphatic carbocycles. The molecule has 1 aliphatic rings. The predicted octanol–water partition coefficient (Wildman–Crippen LogP) is 1.34. The van der Waals surface area contributed by atoms with Crippen LogP contribution in [0.4, 0.5) is 0 Å². The third kappa shape index (κ3) is 3.05. The van der Waals surface area contributed by atoms with Crippen LogP contribution in [0.15, 0.2) is 41.6 Å². The molecule has 26 heavy (non-hydrogen) atoms. The molecule has 1 aromatic carbocycles. The first-order valence-corrected chi connectivity index (χ1v) is 8.52. The third-order valence-corrected chi connectivity index (χ3v) is 4.71. The van der Waals surface area contributed by atoms with Crippen molar-refractivity contribution in [2.24, 2.45) is 7.05 Å². The third-order valence-electron chi connectivity index (χ3n) is 4.71. The fourth-order valence-corrected chi connectivity index (χ4v) is 3.23. The Kier molecular flexibility index (Phi) is 4.16. The molecular weight excluding hydrogens is 334 g/mol. The Morgan fingerprint density at radius 1 is 1.27 bits per heavy atom. The first-order valence-electron chi connectivity index (χ1n) is 8.52. The maximum Gasteiger partial charge on any atom is 0.326 e. The molecule has 1 amide bonds. The number of hydrogen-bond acceptors (Lipinski definition) is 5. The van der Waals surface area contributed by atoms with Gasteiger partial charge in [0, 0.05) is 50.9 Å². The lowest BCUT2D eigenvalue weighted by molar-refractivity contribution is 0.0587. The number of rotatable bonds is 3. The number of fused-ring (bicyclic) bond motifs is 1. The average molecular weight is 353 g/mol. The minimum Gasteiger partial charge on any atom is -0.473 e. The van der Waals surface area contributed by atoms with Crippen molar-refractivity contribution in [2.75, 3.05) is 13.1 Å². The highest BCUT2D eigenvalue weighted by Gasteiger charge is 2.25. The van der Waals surface area contributed by atoms with E-state index in [0.717, 1.165) is 23.9 Å². The van der Waals surface area contributed by atoms with Crippen LogP contribution in [0.5, 0.6) is 5.88 Å². The van der Waals surface area contributed by atoms with Crippen molar-refractivity contribution in [1.29, 1.82) is 0 Å². The van der Waals surface area contributed by atoms with Gasteiger partial charge >= 0.3 is 5.69 Å². The zero-order valence-corrected chi connectivity index (χ0v) is 14.4. The molecule has 8 heteroatoms. The maximum absolute atomic E-state index is 12.8. The van der Waals surface area contributed by atoms with Crippen molar-refractivity contribution < 1.29 is 9.53 Å². The maximum atomic E-state index is 12.8. The standard InChI is InChI=1S/C18H19N5O3/c1-22-15-10-12(2-3-14(15)21-18(22)25)17(24)23-8-4-13(5-9-23)26-16-11-19-6-7-20-16/h2-3,6-7,10-11,13H,4-5,8-9H2,1H3,(H,21,25). The first-order chi connectivity index (χ1) is 12.6. The average Bonchev–Trinajstić information content (AvgIpc) is 2.96. The van der Waals surface area contributed by atoms with Gasteiger partial charge in [0.05, 0.1) is 17.2 Å². The lowest BCUT2D eigenvalue weighted by Crippen LogP contribution is -2.41. The van der Waals surface area contributed by atoms with E-state index in [-0.39, 0.29) is 17.7 Å². The quantitative estimate of drug-likeness (QED) is 0.767. The topological polar surface area (TPSA) is 93.1 Å². The number of hydrogen-bond donors (Lipinski definition) is 1. The minimum absolute atomic E-state index is 0.0292. The molecule has 0 bridgehead atoms.